The van der Waals surface area contributed by atoms with Crippen LogP contribution in [0.15, 0.2) is 18.2 Å². The van der Waals surface area contributed by atoms with Gasteiger partial charge in [-0.05, 0) is 37.1 Å². The summed E-state index contributed by atoms with van der Waals surface area (Å²) in [4.78, 5) is 12.6. The third kappa shape index (κ3) is 3.10. The summed E-state index contributed by atoms with van der Waals surface area (Å²) in [6.07, 6.45) is 1.58. The van der Waals surface area contributed by atoms with Gasteiger partial charge in [0.15, 0.2) is 5.78 Å². The van der Waals surface area contributed by atoms with Gasteiger partial charge in [0, 0.05) is 5.41 Å². The predicted octanol–water partition coefficient (Wildman–Crippen LogP) is 2.82. The first kappa shape index (κ1) is 14.7. The lowest BCUT2D eigenvalue weighted by Crippen LogP contribution is -2.27. The van der Waals surface area contributed by atoms with Gasteiger partial charge in [-0.15, -0.1) is 0 Å². The van der Waals surface area contributed by atoms with Crippen LogP contribution in [-0.2, 0) is 6.42 Å². The van der Waals surface area contributed by atoms with Crippen LogP contribution in [0.25, 0.3) is 0 Å². The van der Waals surface area contributed by atoms with Gasteiger partial charge in [-0.3, -0.25) is 4.79 Å². The second-order valence-corrected chi connectivity index (χ2v) is 5.14. The zero-order valence-electron chi connectivity index (χ0n) is 11.7. The molecule has 0 saturated carbocycles. The van der Waals surface area contributed by atoms with Crippen molar-refractivity contribution in [2.75, 3.05) is 13.7 Å². The van der Waals surface area contributed by atoms with Gasteiger partial charge >= 0.3 is 0 Å². The number of hydrogen-bond acceptors (Lipinski definition) is 3. The van der Waals surface area contributed by atoms with Crippen LogP contribution in [0.4, 0.5) is 0 Å². The van der Waals surface area contributed by atoms with Gasteiger partial charge in [0.1, 0.15) is 5.75 Å². The topological polar surface area (TPSA) is 52.3 Å². The Morgan fingerprint density at radius 2 is 2.06 bits per heavy atom. The summed E-state index contributed by atoms with van der Waals surface area (Å²) >= 11 is 0. The smallest absolute Gasteiger partial charge is 0.172 e. The molecule has 0 atom stereocenters. The molecule has 0 radical (unpaired) electrons. The van der Waals surface area contributed by atoms with Gasteiger partial charge in [0.2, 0.25) is 0 Å². The number of hydrogen-bond donors (Lipinski definition) is 1. The van der Waals surface area contributed by atoms with E-state index in [0.717, 1.165) is 12.0 Å². The maximum Gasteiger partial charge on any atom is 0.172 e. The van der Waals surface area contributed by atoms with Crippen LogP contribution in [-0.4, -0.2) is 19.4 Å². The highest BCUT2D eigenvalue weighted by molar-refractivity contribution is 6.02. The van der Waals surface area contributed by atoms with Crippen molar-refractivity contribution in [3.63, 3.8) is 0 Å². The molecule has 0 aliphatic rings. The number of rotatable bonds is 6. The molecule has 0 fully saturated rings. The Morgan fingerprint density at radius 1 is 1.39 bits per heavy atom. The number of carbonyl (C=O) groups excluding carboxylic acids is 1. The van der Waals surface area contributed by atoms with Gasteiger partial charge in [-0.1, -0.05) is 26.8 Å². The number of benzene rings is 1. The van der Waals surface area contributed by atoms with Crippen molar-refractivity contribution in [2.45, 2.75) is 33.6 Å². The van der Waals surface area contributed by atoms with E-state index in [2.05, 4.69) is 6.92 Å². The highest BCUT2D eigenvalue weighted by Gasteiger charge is 2.29. The van der Waals surface area contributed by atoms with Crippen molar-refractivity contribution in [3.05, 3.63) is 29.3 Å². The van der Waals surface area contributed by atoms with Crippen LogP contribution in [0, 0.1) is 5.41 Å². The number of Topliss-reactive ketones (excluding diaryl/α,β-unsaturated/α-hetero) is 1. The normalized spacial score (nSPS) is 11.4. The molecule has 100 valence electrons. The largest absolute Gasteiger partial charge is 0.496 e. The molecule has 0 aliphatic heterocycles. The minimum absolute atomic E-state index is 0.0973. The van der Waals surface area contributed by atoms with Crippen LogP contribution in [0.5, 0.6) is 5.75 Å². The minimum atomic E-state index is -0.450. The molecule has 2 N–H and O–H groups in total. The number of carbonyl (C=O) groups is 1. The molecule has 18 heavy (non-hydrogen) atoms. The average Bonchev–Trinajstić information content (AvgIpc) is 2.37. The molecule has 0 heterocycles. The average molecular weight is 249 g/mol. The van der Waals surface area contributed by atoms with Crippen molar-refractivity contribution < 1.29 is 9.53 Å². The monoisotopic (exact) mass is 249 g/mol. The van der Waals surface area contributed by atoms with E-state index in [0.29, 0.717) is 24.3 Å². The second kappa shape index (κ2) is 6.01. The summed E-state index contributed by atoms with van der Waals surface area (Å²) in [6, 6.07) is 5.79. The number of nitrogens with two attached hydrogens (primary N) is 1. The van der Waals surface area contributed by atoms with Crippen LogP contribution < -0.4 is 10.5 Å². The standard InChI is InChI=1S/C15H23NO2/c1-5-11-6-7-13(18-4)12(10-11)14(17)15(2,3)8-9-16/h6-7,10H,5,8-9,16H2,1-4H3. The molecule has 0 aromatic heterocycles. The number of aryl methyl sites for hydroxylation is 1. The molecule has 1 aromatic rings. The van der Waals surface area contributed by atoms with Crippen molar-refractivity contribution >= 4 is 5.78 Å². The van der Waals surface area contributed by atoms with E-state index in [9.17, 15) is 4.79 Å². The molecule has 1 aromatic carbocycles. The van der Waals surface area contributed by atoms with Crippen molar-refractivity contribution in [1.82, 2.24) is 0 Å². The van der Waals surface area contributed by atoms with Crippen LogP contribution >= 0.6 is 0 Å². The van der Waals surface area contributed by atoms with E-state index < -0.39 is 5.41 Å². The lowest BCUT2D eigenvalue weighted by Gasteiger charge is -2.23. The molecule has 3 nitrogen and oxygen atoms in total. The summed E-state index contributed by atoms with van der Waals surface area (Å²) in [6.45, 7) is 6.44. The molecular weight excluding hydrogens is 226 g/mol. The van der Waals surface area contributed by atoms with Crippen molar-refractivity contribution in [1.29, 1.82) is 0 Å². The highest BCUT2D eigenvalue weighted by Crippen LogP contribution is 2.30. The molecule has 0 amide bonds. The molecule has 0 aliphatic carbocycles. The fourth-order valence-corrected chi connectivity index (χ4v) is 1.99. The summed E-state index contributed by atoms with van der Waals surface area (Å²) in [5.74, 6) is 0.738. The van der Waals surface area contributed by atoms with Crippen molar-refractivity contribution in [2.24, 2.45) is 11.1 Å². The zero-order chi connectivity index (χ0) is 13.8. The number of ketones is 1. The molecular formula is C15H23NO2. The van der Waals surface area contributed by atoms with E-state index in [1.165, 1.54) is 0 Å². The summed E-state index contributed by atoms with van der Waals surface area (Å²) in [5, 5.41) is 0. The number of methoxy groups -OCH3 is 1. The SMILES string of the molecule is CCc1ccc(OC)c(C(=O)C(C)(C)CCN)c1. The molecule has 0 saturated heterocycles. The van der Waals surface area contributed by atoms with Crippen molar-refractivity contribution in [3.8, 4) is 5.75 Å². The fourth-order valence-electron chi connectivity index (χ4n) is 1.99. The van der Waals surface area contributed by atoms with Gasteiger partial charge in [-0.25, -0.2) is 0 Å². The van der Waals surface area contributed by atoms with E-state index in [1.807, 2.05) is 32.0 Å². The predicted molar refractivity (Wildman–Crippen MR) is 74.2 cm³/mol. The maximum atomic E-state index is 12.6. The summed E-state index contributed by atoms with van der Waals surface area (Å²) < 4.78 is 5.29. The van der Waals surface area contributed by atoms with Gasteiger partial charge in [0.25, 0.3) is 0 Å². The van der Waals surface area contributed by atoms with Crippen LogP contribution in [0.1, 0.15) is 43.1 Å². The Balaban J connectivity index is 3.17. The van der Waals surface area contributed by atoms with E-state index in [4.69, 9.17) is 10.5 Å². The lowest BCUT2D eigenvalue weighted by molar-refractivity contribution is 0.0826. The lowest BCUT2D eigenvalue weighted by atomic mass is 9.80. The zero-order valence-corrected chi connectivity index (χ0v) is 11.7. The first-order valence-corrected chi connectivity index (χ1v) is 6.38. The Morgan fingerprint density at radius 3 is 2.56 bits per heavy atom. The first-order valence-electron chi connectivity index (χ1n) is 6.38. The third-order valence-electron chi connectivity index (χ3n) is 3.30. The Kier molecular flexibility index (Phi) is 4.91. The molecule has 0 spiro atoms. The van der Waals surface area contributed by atoms with E-state index in [-0.39, 0.29) is 5.78 Å². The quantitative estimate of drug-likeness (QED) is 0.789. The van der Waals surface area contributed by atoms with Crippen LogP contribution in [0.3, 0.4) is 0 Å². The molecule has 0 unspecified atom stereocenters. The van der Waals surface area contributed by atoms with Gasteiger partial charge in [-0.2, -0.15) is 0 Å². The van der Waals surface area contributed by atoms with Gasteiger partial charge in [0.05, 0.1) is 12.7 Å². The summed E-state index contributed by atoms with van der Waals surface area (Å²) in [5.41, 5.74) is 6.93. The molecule has 0 bridgehead atoms. The molecule has 1 rings (SSSR count). The Hall–Kier alpha value is -1.35. The van der Waals surface area contributed by atoms with E-state index in [1.54, 1.807) is 7.11 Å². The fraction of sp³-hybridized carbons (Fsp3) is 0.533. The van der Waals surface area contributed by atoms with Gasteiger partial charge < -0.3 is 10.5 Å². The number of ether oxygens (including phenoxy) is 1. The van der Waals surface area contributed by atoms with E-state index >= 15 is 0 Å². The third-order valence-corrected chi connectivity index (χ3v) is 3.30. The Labute approximate surface area is 109 Å². The molecule has 3 heteroatoms. The minimum Gasteiger partial charge on any atom is -0.496 e. The maximum absolute atomic E-state index is 12.6. The summed E-state index contributed by atoms with van der Waals surface area (Å²) in [7, 11) is 1.59. The first-order chi connectivity index (χ1) is 8.46. The highest BCUT2D eigenvalue weighted by atomic mass is 16.5. The second-order valence-electron chi connectivity index (χ2n) is 5.14. The Bertz CT molecular complexity index is 425. The van der Waals surface area contributed by atoms with Crippen LogP contribution in [0.2, 0.25) is 0 Å².